The maximum atomic E-state index is 10.1. The topological polar surface area (TPSA) is 26.3 Å². The molecule has 0 radical (unpaired) electrons. The fourth-order valence-electron chi connectivity index (χ4n) is 0.438. The van der Waals surface area contributed by atoms with Crippen molar-refractivity contribution in [3.05, 3.63) is 5.21 Å². The van der Waals surface area contributed by atoms with Gasteiger partial charge in [0.2, 0.25) is 0 Å². The van der Waals surface area contributed by atoms with Gasteiger partial charge < -0.3 is 10.3 Å². The zero-order valence-electron chi connectivity index (χ0n) is 3.85. The molecule has 0 N–H and O–H groups in total. The van der Waals surface area contributed by atoms with E-state index in [2.05, 4.69) is 0 Å². The van der Waals surface area contributed by atoms with E-state index in [0.717, 1.165) is 17.9 Å². The Morgan fingerprint density at radius 2 is 2.17 bits per heavy atom. The lowest BCUT2D eigenvalue weighted by molar-refractivity contribution is 0.449. The summed E-state index contributed by atoms with van der Waals surface area (Å²) in [6.45, 7) is 0. The van der Waals surface area contributed by atoms with E-state index in [1.54, 1.807) is 7.05 Å². The summed E-state index contributed by atoms with van der Waals surface area (Å²) in [5.41, 5.74) is 0. The van der Waals surface area contributed by atoms with E-state index in [1.807, 2.05) is 0 Å². The van der Waals surface area contributed by atoms with Crippen LogP contribution in [0.5, 0.6) is 0 Å². The van der Waals surface area contributed by atoms with Gasteiger partial charge in [-0.25, -0.2) is 0 Å². The van der Waals surface area contributed by atoms with Crippen LogP contribution < -0.4 is 0 Å². The van der Waals surface area contributed by atoms with Crippen LogP contribution in [-0.2, 0) is 0 Å². The lowest BCUT2D eigenvalue weighted by Gasteiger charge is -2.20. The quantitative estimate of drug-likeness (QED) is 0.436. The molecule has 0 atom stereocenters. The van der Waals surface area contributed by atoms with Crippen molar-refractivity contribution in [2.45, 2.75) is 18.9 Å². The number of hydrogen-bond donors (Lipinski definition) is 0. The van der Waals surface area contributed by atoms with Gasteiger partial charge in [-0.1, -0.05) is 0 Å². The minimum absolute atomic E-state index is 0.380. The molecule has 2 heteroatoms. The van der Waals surface area contributed by atoms with Crippen LogP contribution in [0.1, 0.15) is 12.8 Å². The molecule has 0 amide bonds. The van der Waals surface area contributed by atoms with E-state index in [4.69, 9.17) is 0 Å². The molecule has 1 aliphatic rings. The summed E-state index contributed by atoms with van der Waals surface area (Å²) in [5, 5.41) is 11.2. The zero-order valence-corrected chi connectivity index (χ0v) is 3.85. The van der Waals surface area contributed by atoms with E-state index in [9.17, 15) is 5.21 Å². The largest absolute Gasteiger partial charge is 0.785 e. The number of nitrogens with zero attached hydrogens (tertiary/aromatic N) is 1. The lowest BCUT2D eigenvalue weighted by Crippen LogP contribution is -2.10. The van der Waals surface area contributed by atoms with Crippen LogP contribution in [0.25, 0.3) is 0 Å². The van der Waals surface area contributed by atoms with Crippen molar-refractivity contribution < 1.29 is 0 Å². The third-order valence-corrected chi connectivity index (χ3v) is 1.06. The van der Waals surface area contributed by atoms with Crippen LogP contribution in [-0.4, -0.2) is 18.2 Å². The standard InChI is InChI=1S/C4H8NO/c1-5(6)4-2-3-4/h4H,2-3H2,1H3/q-1. The first kappa shape index (κ1) is 4.09. The van der Waals surface area contributed by atoms with Crippen molar-refractivity contribution in [3.8, 4) is 0 Å². The molecule has 0 aromatic carbocycles. The highest BCUT2D eigenvalue weighted by molar-refractivity contribution is 4.82. The molecule has 1 rings (SSSR count). The summed E-state index contributed by atoms with van der Waals surface area (Å²) in [6, 6.07) is 0.380. The molecule has 1 aliphatic carbocycles. The second-order valence-electron chi connectivity index (χ2n) is 1.78. The summed E-state index contributed by atoms with van der Waals surface area (Å²) in [7, 11) is 1.58. The highest BCUT2D eigenvalue weighted by Gasteiger charge is 2.19. The third-order valence-electron chi connectivity index (χ3n) is 1.06. The van der Waals surface area contributed by atoms with Gasteiger partial charge in [-0.2, -0.15) is 0 Å². The van der Waals surface area contributed by atoms with Crippen LogP contribution in [0.15, 0.2) is 0 Å². The predicted molar refractivity (Wildman–Crippen MR) is 24.2 cm³/mol. The summed E-state index contributed by atoms with van der Waals surface area (Å²) in [5.74, 6) is 0. The van der Waals surface area contributed by atoms with Gasteiger partial charge in [0.05, 0.1) is 0 Å². The van der Waals surface area contributed by atoms with Crippen molar-refractivity contribution in [1.82, 2.24) is 5.06 Å². The van der Waals surface area contributed by atoms with Gasteiger partial charge in [0, 0.05) is 0 Å². The molecule has 0 unspecified atom stereocenters. The maximum Gasteiger partial charge on any atom is -0.00270 e. The second kappa shape index (κ2) is 1.21. The normalized spacial score (nSPS) is 22.5. The van der Waals surface area contributed by atoms with Crippen molar-refractivity contribution in [3.63, 3.8) is 0 Å². The molecule has 1 saturated carbocycles. The van der Waals surface area contributed by atoms with Gasteiger partial charge in [-0.15, -0.1) is 0 Å². The SMILES string of the molecule is CN([O-])C1CC1. The first-order valence-corrected chi connectivity index (χ1v) is 2.20. The van der Waals surface area contributed by atoms with Crippen molar-refractivity contribution in [1.29, 1.82) is 0 Å². The van der Waals surface area contributed by atoms with Crippen LogP contribution >= 0.6 is 0 Å². The molecule has 0 aliphatic heterocycles. The molecule has 6 heavy (non-hydrogen) atoms. The molecule has 2 nitrogen and oxygen atoms in total. The van der Waals surface area contributed by atoms with E-state index < -0.39 is 0 Å². The van der Waals surface area contributed by atoms with Gasteiger partial charge in [0.1, 0.15) is 0 Å². The Morgan fingerprint density at radius 1 is 1.67 bits per heavy atom. The number of hydroxylamine groups is 2. The van der Waals surface area contributed by atoms with Crippen LogP contribution in [0, 0.1) is 5.21 Å². The van der Waals surface area contributed by atoms with Gasteiger partial charge in [-0.05, 0) is 25.9 Å². The second-order valence-corrected chi connectivity index (χ2v) is 1.78. The van der Waals surface area contributed by atoms with Gasteiger partial charge >= 0.3 is 0 Å². The first-order chi connectivity index (χ1) is 2.80. The Hall–Kier alpha value is -0.0800. The lowest BCUT2D eigenvalue weighted by atomic mass is 10.7. The van der Waals surface area contributed by atoms with Crippen molar-refractivity contribution in [2.24, 2.45) is 0 Å². The Balaban J connectivity index is 2.13. The monoisotopic (exact) mass is 86.1 g/mol. The molecular formula is C4H8NO-. The third kappa shape index (κ3) is 0.698. The van der Waals surface area contributed by atoms with E-state index in [0.29, 0.717) is 6.04 Å². The average Bonchev–Trinajstić information content (AvgIpc) is 2.06. The van der Waals surface area contributed by atoms with Gasteiger partial charge in [0.25, 0.3) is 0 Å². The van der Waals surface area contributed by atoms with E-state index in [1.165, 1.54) is 0 Å². The highest BCUT2D eigenvalue weighted by Crippen LogP contribution is 2.23. The Kier molecular flexibility index (Phi) is 0.821. The van der Waals surface area contributed by atoms with Crippen molar-refractivity contribution >= 4 is 0 Å². The summed E-state index contributed by atoms with van der Waals surface area (Å²) >= 11 is 0. The summed E-state index contributed by atoms with van der Waals surface area (Å²) in [4.78, 5) is 0. The van der Waals surface area contributed by atoms with Gasteiger partial charge in [-0.3, -0.25) is 0 Å². The van der Waals surface area contributed by atoms with E-state index >= 15 is 0 Å². The van der Waals surface area contributed by atoms with Crippen molar-refractivity contribution in [2.75, 3.05) is 7.05 Å². The zero-order chi connectivity index (χ0) is 4.57. The Labute approximate surface area is 37.3 Å². The molecule has 0 heterocycles. The number of rotatable bonds is 1. The summed E-state index contributed by atoms with van der Waals surface area (Å²) in [6.07, 6.45) is 2.22. The molecular weight excluding hydrogens is 78.0 g/mol. The van der Waals surface area contributed by atoms with Gasteiger partial charge in [0.15, 0.2) is 0 Å². The Morgan fingerprint density at radius 3 is 2.17 bits per heavy atom. The molecule has 0 bridgehead atoms. The van der Waals surface area contributed by atoms with Crippen LogP contribution in [0.2, 0.25) is 0 Å². The molecule has 0 spiro atoms. The molecule has 1 fully saturated rings. The first-order valence-electron chi connectivity index (χ1n) is 2.20. The van der Waals surface area contributed by atoms with Crippen LogP contribution in [0.4, 0.5) is 0 Å². The smallest absolute Gasteiger partial charge is 0.00270 e. The average molecular weight is 86.1 g/mol. The fraction of sp³-hybridized carbons (Fsp3) is 1.00. The minimum Gasteiger partial charge on any atom is -0.785 e. The van der Waals surface area contributed by atoms with E-state index in [-0.39, 0.29) is 0 Å². The Bertz CT molecular complexity index is 49.5. The maximum absolute atomic E-state index is 10.1. The molecule has 0 saturated heterocycles. The van der Waals surface area contributed by atoms with Crippen LogP contribution in [0.3, 0.4) is 0 Å². The molecule has 36 valence electrons. The predicted octanol–water partition coefficient (Wildman–Crippen LogP) is 0.578. The minimum atomic E-state index is 0.380. The number of hydrogen-bond acceptors (Lipinski definition) is 2. The fourth-order valence-corrected chi connectivity index (χ4v) is 0.438. The summed E-state index contributed by atoms with van der Waals surface area (Å²) < 4.78 is 0. The molecule has 0 aromatic heterocycles. The molecule has 0 aromatic rings. The highest BCUT2D eigenvalue weighted by atomic mass is 16.5.